The fraction of sp³-hybridized carbons (Fsp3) is 0.167. The van der Waals surface area contributed by atoms with E-state index in [4.69, 9.17) is 16.9 Å². The van der Waals surface area contributed by atoms with Crippen LogP contribution in [0.1, 0.15) is 28.7 Å². The zero-order valence-electron chi connectivity index (χ0n) is 10.1. The fourth-order valence-corrected chi connectivity index (χ4v) is 1.94. The number of rotatable bonds is 2. The van der Waals surface area contributed by atoms with Gasteiger partial charge < -0.3 is 0 Å². The lowest BCUT2D eigenvalue weighted by Crippen LogP contribution is -2.08. The average Bonchev–Trinajstić information content (AvgIpc) is 2.72. The largest absolute Gasteiger partial charge is 0.294 e. The topological polar surface area (TPSA) is 71.6 Å². The first kappa shape index (κ1) is 13.2. The maximum atomic E-state index is 13.4. The smallest absolute Gasteiger partial charge is 0.215 e. The van der Waals surface area contributed by atoms with Crippen LogP contribution in [0.3, 0.4) is 0 Å². The van der Waals surface area contributed by atoms with Crippen molar-refractivity contribution >= 4 is 17.4 Å². The molecule has 0 saturated carbocycles. The van der Waals surface area contributed by atoms with Gasteiger partial charge in [0.1, 0.15) is 6.07 Å². The molecule has 0 amide bonds. The van der Waals surface area contributed by atoms with Gasteiger partial charge in [-0.1, -0.05) is 11.6 Å². The van der Waals surface area contributed by atoms with E-state index < -0.39 is 5.95 Å². The van der Waals surface area contributed by atoms with Crippen LogP contribution in [-0.4, -0.2) is 20.5 Å². The molecule has 0 N–H and O–H groups in total. The van der Waals surface area contributed by atoms with Crippen molar-refractivity contribution in [2.24, 2.45) is 0 Å². The van der Waals surface area contributed by atoms with E-state index in [1.165, 1.54) is 17.7 Å². The maximum absolute atomic E-state index is 13.4. The maximum Gasteiger partial charge on any atom is 0.215 e. The number of carbonyl (C=O) groups excluding carboxylic acids is 1. The first-order chi connectivity index (χ1) is 8.93. The highest BCUT2D eigenvalue weighted by molar-refractivity contribution is 6.35. The molecular weight excluding hydrogens is 271 g/mol. The van der Waals surface area contributed by atoms with Gasteiger partial charge in [-0.05, 0) is 19.9 Å². The van der Waals surface area contributed by atoms with Crippen LogP contribution < -0.4 is 0 Å². The van der Waals surface area contributed by atoms with Crippen LogP contribution in [0.5, 0.6) is 0 Å². The Morgan fingerprint density at radius 2 is 2.21 bits per heavy atom. The SMILES string of the molecule is CC(=O)c1cc(F)nc(-n2nc(C#N)cc2C)c1Cl. The molecule has 2 rings (SSSR count). The Kier molecular flexibility index (Phi) is 3.32. The molecule has 7 heteroatoms. The summed E-state index contributed by atoms with van der Waals surface area (Å²) < 4.78 is 14.7. The van der Waals surface area contributed by atoms with Gasteiger partial charge >= 0.3 is 0 Å². The second kappa shape index (κ2) is 4.78. The Balaban J connectivity index is 2.72. The zero-order chi connectivity index (χ0) is 14.2. The Morgan fingerprint density at radius 3 is 2.74 bits per heavy atom. The number of aryl methyl sites for hydroxylation is 1. The molecule has 19 heavy (non-hydrogen) atoms. The number of nitrogens with zero attached hydrogens (tertiary/aromatic N) is 4. The normalized spacial score (nSPS) is 10.3. The molecule has 2 aromatic rings. The molecular formula is C12H8ClFN4O. The molecule has 0 unspecified atom stereocenters. The highest BCUT2D eigenvalue weighted by Gasteiger charge is 2.18. The van der Waals surface area contributed by atoms with Crippen molar-refractivity contribution in [2.75, 3.05) is 0 Å². The van der Waals surface area contributed by atoms with Crippen LogP contribution in [0.4, 0.5) is 4.39 Å². The van der Waals surface area contributed by atoms with Crippen molar-refractivity contribution in [1.82, 2.24) is 14.8 Å². The third kappa shape index (κ3) is 2.33. The molecule has 96 valence electrons. The van der Waals surface area contributed by atoms with Crippen LogP contribution in [0.25, 0.3) is 5.82 Å². The zero-order valence-corrected chi connectivity index (χ0v) is 10.9. The number of hydrogen-bond donors (Lipinski definition) is 0. The molecule has 0 aliphatic carbocycles. The van der Waals surface area contributed by atoms with Crippen LogP contribution in [-0.2, 0) is 0 Å². The number of pyridine rings is 1. The van der Waals surface area contributed by atoms with Gasteiger partial charge in [0.05, 0.1) is 5.02 Å². The second-order valence-electron chi connectivity index (χ2n) is 3.88. The molecule has 0 radical (unpaired) electrons. The molecule has 0 bridgehead atoms. The molecule has 0 saturated heterocycles. The highest BCUT2D eigenvalue weighted by Crippen LogP contribution is 2.25. The van der Waals surface area contributed by atoms with Gasteiger partial charge in [0, 0.05) is 17.3 Å². The van der Waals surface area contributed by atoms with E-state index in [0.717, 1.165) is 6.07 Å². The minimum Gasteiger partial charge on any atom is -0.294 e. The summed E-state index contributed by atoms with van der Waals surface area (Å²) in [4.78, 5) is 15.0. The Morgan fingerprint density at radius 1 is 1.53 bits per heavy atom. The molecule has 2 aromatic heterocycles. The van der Waals surface area contributed by atoms with E-state index in [0.29, 0.717) is 5.69 Å². The van der Waals surface area contributed by atoms with Crippen molar-refractivity contribution in [3.8, 4) is 11.9 Å². The standard InChI is InChI=1S/C12H8ClFN4O/c1-6-3-8(5-15)17-18(6)12-11(13)9(7(2)19)4-10(14)16-12/h3-4H,1-2H3. The lowest BCUT2D eigenvalue weighted by Gasteiger charge is -2.08. The van der Waals surface area contributed by atoms with Crippen LogP contribution in [0.2, 0.25) is 5.02 Å². The molecule has 0 fully saturated rings. The van der Waals surface area contributed by atoms with Gasteiger partial charge in [-0.2, -0.15) is 19.7 Å². The minimum atomic E-state index is -0.835. The van der Waals surface area contributed by atoms with Gasteiger partial charge in [-0.15, -0.1) is 0 Å². The second-order valence-corrected chi connectivity index (χ2v) is 4.26. The van der Waals surface area contributed by atoms with E-state index in [-0.39, 0.29) is 27.9 Å². The summed E-state index contributed by atoms with van der Waals surface area (Å²) in [5, 5.41) is 12.7. The van der Waals surface area contributed by atoms with Gasteiger partial charge in [-0.3, -0.25) is 4.79 Å². The number of carbonyl (C=O) groups is 1. The van der Waals surface area contributed by atoms with Crippen LogP contribution >= 0.6 is 11.6 Å². The van der Waals surface area contributed by atoms with Crippen molar-refractivity contribution in [2.45, 2.75) is 13.8 Å². The first-order valence-corrected chi connectivity index (χ1v) is 5.66. The van der Waals surface area contributed by atoms with E-state index in [1.54, 1.807) is 6.92 Å². The predicted molar refractivity (Wildman–Crippen MR) is 65.8 cm³/mol. The minimum absolute atomic E-state index is 0.00425. The van der Waals surface area contributed by atoms with E-state index >= 15 is 0 Å². The fourth-order valence-electron chi connectivity index (χ4n) is 1.63. The lowest BCUT2D eigenvalue weighted by molar-refractivity contribution is 0.101. The van der Waals surface area contributed by atoms with E-state index in [1.807, 2.05) is 6.07 Å². The molecule has 0 aliphatic rings. The number of hydrogen-bond acceptors (Lipinski definition) is 4. The third-order valence-corrected chi connectivity index (χ3v) is 2.86. The van der Waals surface area contributed by atoms with Gasteiger partial charge in [0.2, 0.25) is 5.95 Å². The Bertz CT molecular complexity index is 717. The summed E-state index contributed by atoms with van der Waals surface area (Å²) in [6.45, 7) is 2.95. The van der Waals surface area contributed by atoms with E-state index in [9.17, 15) is 9.18 Å². The number of aromatic nitrogens is 3. The van der Waals surface area contributed by atoms with Gasteiger partial charge in [0.15, 0.2) is 17.3 Å². The predicted octanol–water partition coefficient (Wildman–Crippen LogP) is 2.44. The molecule has 0 aromatic carbocycles. The van der Waals surface area contributed by atoms with Crippen molar-refractivity contribution in [3.05, 3.63) is 40.1 Å². The molecule has 0 aliphatic heterocycles. The molecule has 0 atom stereocenters. The Labute approximate surface area is 113 Å². The van der Waals surface area contributed by atoms with Gasteiger partial charge in [0.25, 0.3) is 0 Å². The molecule has 0 spiro atoms. The summed E-state index contributed by atoms with van der Waals surface area (Å²) in [5.41, 5.74) is 0.743. The number of nitriles is 1. The summed E-state index contributed by atoms with van der Waals surface area (Å²) in [7, 11) is 0. The average molecular weight is 279 g/mol. The van der Waals surface area contributed by atoms with Crippen molar-refractivity contribution in [1.29, 1.82) is 5.26 Å². The highest BCUT2D eigenvalue weighted by atomic mass is 35.5. The summed E-state index contributed by atoms with van der Waals surface area (Å²) in [5.74, 6) is -1.22. The van der Waals surface area contributed by atoms with Crippen molar-refractivity contribution < 1.29 is 9.18 Å². The summed E-state index contributed by atoms with van der Waals surface area (Å²) >= 11 is 6.04. The van der Waals surface area contributed by atoms with E-state index in [2.05, 4.69) is 10.1 Å². The molecule has 5 nitrogen and oxygen atoms in total. The number of ketones is 1. The van der Waals surface area contributed by atoms with Gasteiger partial charge in [-0.25, -0.2) is 4.68 Å². The van der Waals surface area contributed by atoms with Crippen molar-refractivity contribution in [3.63, 3.8) is 0 Å². The molecule has 2 heterocycles. The summed E-state index contributed by atoms with van der Waals surface area (Å²) in [6.07, 6.45) is 0. The Hall–Kier alpha value is -2.26. The summed E-state index contributed by atoms with van der Waals surface area (Å²) in [6, 6.07) is 4.35. The quantitative estimate of drug-likeness (QED) is 0.625. The monoisotopic (exact) mass is 278 g/mol. The van der Waals surface area contributed by atoms with Crippen LogP contribution in [0.15, 0.2) is 12.1 Å². The first-order valence-electron chi connectivity index (χ1n) is 5.28. The number of halogens is 2. The lowest BCUT2D eigenvalue weighted by atomic mass is 10.2. The third-order valence-electron chi connectivity index (χ3n) is 2.49. The van der Waals surface area contributed by atoms with Crippen LogP contribution in [0, 0.1) is 24.2 Å². The number of Topliss-reactive ketones (excluding diaryl/α,β-unsaturated/α-hetero) is 1.